The van der Waals surface area contributed by atoms with Crippen LogP contribution in [0.25, 0.3) is 0 Å². The Morgan fingerprint density at radius 3 is 2.48 bits per heavy atom. The molecule has 25 heavy (non-hydrogen) atoms. The van der Waals surface area contributed by atoms with Gasteiger partial charge in [0.2, 0.25) is 0 Å². The number of halogens is 3. The van der Waals surface area contributed by atoms with Gasteiger partial charge in [-0.2, -0.15) is 13.2 Å². The summed E-state index contributed by atoms with van der Waals surface area (Å²) in [5.41, 5.74) is -1.17. The molecule has 0 aliphatic carbocycles. The summed E-state index contributed by atoms with van der Waals surface area (Å²) < 4.78 is 38.1. The van der Waals surface area contributed by atoms with E-state index in [1.165, 1.54) is 6.07 Å². The molecule has 0 radical (unpaired) electrons. The van der Waals surface area contributed by atoms with Gasteiger partial charge in [0.1, 0.15) is 6.04 Å². The first-order chi connectivity index (χ1) is 11.8. The number of amides is 1. The van der Waals surface area contributed by atoms with Gasteiger partial charge in [-0.1, -0.05) is 31.4 Å². The lowest BCUT2D eigenvalue weighted by Crippen LogP contribution is -2.40. The lowest BCUT2D eigenvalue weighted by atomic mass is 10.0. The Hall–Kier alpha value is -2.31. The highest BCUT2D eigenvalue weighted by atomic mass is 19.4. The monoisotopic (exact) mass is 357 g/mol. The average molecular weight is 357 g/mol. The van der Waals surface area contributed by atoms with Crippen molar-refractivity contribution in [2.75, 3.05) is 0 Å². The van der Waals surface area contributed by atoms with E-state index < -0.39 is 29.7 Å². The van der Waals surface area contributed by atoms with Gasteiger partial charge in [0.25, 0.3) is 5.91 Å². The van der Waals surface area contributed by atoms with Crippen LogP contribution in [-0.4, -0.2) is 23.0 Å². The van der Waals surface area contributed by atoms with Crippen molar-refractivity contribution in [1.82, 2.24) is 5.32 Å². The third-order valence-corrected chi connectivity index (χ3v) is 3.71. The fourth-order valence-corrected chi connectivity index (χ4v) is 2.33. The van der Waals surface area contributed by atoms with Crippen LogP contribution in [0.3, 0.4) is 0 Å². The molecule has 1 atom stereocenters. The minimum absolute atomic E-state index is 0.216. The van der Waals surface area contributed by atoms with Gasteiger partial charge >= 0.3 is 12.1 Å². The zero-order chi connectivity index (χ0) is 18.9. The summed E-state index contributed by atoms with van der Waals surface area (Å²) in [4.78, 5) is 23.3. The van der Waals surface area contributed by atoms with Crippen LogP contribution in [0.15, 0.2) is 36.9 Å². The van der Waals surface area contributed by atoms with Crippen LogP contribution in [0.5, 0.6) is 0 Å². The number of unbranched alkanes of at least 4 members (excludes halogenated alkanes) is 4. The van der Waals surface area contributed by atoms with Crippen molar-refractivity contribution in [2.24, 2.45) is 0 Å². The lowest BCUT2D eigenvalue weighted by molar-refractivity contribution is -0.139. The zero-order valence-electron chi connectivity index (χ0n) is 13.8. The molecule has 0 aliphatic heterocycles. The van der Waals surface area contributed by atoms with Gasteiger partial charge in [-0.05, 0) is 37.5 Å². The Balaban J connectivity index is 2.61. The first-order valence-electron chi connectivity index (χ1n) is 8.07. The first-order valence-corrected chi connectivity index (χ1v) is 8.07. The molecule has 1 aromatic rings. The van der Waals surface area contributed by atoms with Gasteiger partial charge in [0, 0.05) is 5.56 Å². The molecular weight excluding hydrogens is 335 g/mol. The van der Waals surface area contributed by atoms with E-state index in [9.17, 15) is 27.9 Å². The van der Waals surface area contributed by atoms with Gasteiger partial charge < -0.3 is 10.4 Å². The second-order valence-corrected chi connectivity index (χ2v) is 5.72. The molecule has 7 heteroatoms. The van der Waals surface area contributed by atoms with Crippen molar-refractivity contribution in [1.29, 1.82) is 0 Å². The van der Waals surface area contributed by atoms with E-state index in [-0.39, 0.29) is 12.0 Å². The zero-order valence-corrected chi connectivity index (χ0v) is 13.8. The molecule has 1 amide bonds. The van der Waals surface area contributed by atoms with E-state index in [1.807, 2.05) is 6.08 Å². The van der Waals surface area contributed by atoms with Gasteiger partial charge in [0.05, 0.1) is 5.56 Å². The maximum absolute atomic E-state index is 12.7. The number of nitrogens with one attached hydrogen (secondary N) is 1. The summed E-state index contributed by atoms with van der Waals surface area (Å²) in [6.07, 6.45) is 1.71. The maximum Gasteiger partial charge on any atom is 0.416 e. The molecule has 2 N–H and O–H groups in total. The number of benzene rings is 1. The smallest absolute Gasteiger partial charge is 0.416 e. The second kappa shape index (κ2) is 9.86. The third kappa shape index (κ3) is 7.41. The predicted octanol–water partition coefficient (Wildman–Crippen LogP) is 4.42. The van der Waals surface area contributed by atoms with E-state index in [1.54, 1.807) is 0 Å². The van der Waals surface area contributed by atoms with E-state index in [2.05, 4.69) is 11.9 Å². The number of carbonyl (C=O) groups is 2. The largest absolute Gasteiger partial charge is 0.480 e. The molecule has 0 fully saturated rings. The van der Waals surface area contributed by atoms with Crippen LogP contribution in [0.4, 0.5) is 13.2 Å². The van der Waals surface area contributed by atoms with E-state index in [0.717, 1.165) is 37.8 Å². The molecule has 0 bridgehead atoms. The fourth-order valence-electron chi connectivity index (χ4n) is 2.33. The van der Waals surface area contributed by atoms with Crippen molar-refractivity contribution in [2.45, 2.75) is 50.7 Å². The number of hydrogen-bond acceptors (Lipinski definition) is 2. The number of carbonyl (C=O) groups excluding carboxylic acids is 1. The fraction of sp³-hybridized carbons (Fsp3) is 0.444. The summed E-state index contributed by atoms with van der Waals surface area (Å²) in [6.45, 7) is 3.62. The minimum Gasteiger partial charge on any atom is -0.480 e. The number of carboxylic acids is 1. The summed E-state index contributed by atoms with van der Waals surface area (Å²) >= 11 is 0. The molecule has 0 aliphatic rings. The van der Waals surface area contributed by atoms with Gasteiger partial charge in [0.15, 0.2) is 0 Å². The van der Waals surface area contributed by atoms with Crippen molar-refractivity contribution < 1.29 is 27.9 Å². The highest BCUT2D eigenvalue weighted by Gasteiger charge is 2.31. The Labute approximate surface area is 144 Å². The van der Waals surface area contributed by atoms with Crippen molar-refractivity contribution in [3.63, 3.8) is 0 Å². The van der Waals surface area contributed by atoms with Gasteiger partial charge in [-0.15, -0.1) is 6.58 Å². The van der Waals surface area contributed by atoms with Crippen LogP contribution in [0, 0.1) is 0 Å². The second-order valence-electron chi connectivity index (χ2n) is 5.72. The normalized spacial score (nSPS) is 12.4. The SMILES string of the molecule is C=CCCCCCC[C@@H](NC(=O)c1cccc(C(F)(F)F)c1)C(=O)O. The van der Waals surface area contributed by atoms with Crippen molar-refractivity contribution >= 4 is 11.9 Å². The number of alkyl halides is 3. The average Bonchev–Trinajstić information content (AvgIpc) is 2.55. The molecule has 0 spiro atoms. The van der Waals surface area contributed by atoms with Crippen molar-refractivity contribution in [3.8, 4) is 0 Å². The Bertz CT molecular complexity index is 599. The minimum atomic E-state index is -4.56. The summed E-state index contributed by atoms with van der Waals surface area (Å²) in [6, 6.07) is 2.78. The van der Waals surface area contributed by atoms with Crippen LogP contribution >= 0.6 is 0 Å². The van der Waals surface area contributed by atoms with E-state index in [4.69, 9.17) is 0 Å². The molecule has 1 rings (SSSR count). The molecular formula is C18H22F3NO3. The van der Waals surface area contributed by atoms with E-state index >= 15 is 0 Å². The summed E-state index contributed by atoms with van der Waals surface area (Å²) in [5, 5.41) is 11.5. The highest BCUT2D eigenvalue weighted by molar-refractivity contribution is 5.96. The number of rotatable bonds is 10. The van der Waals surface area contributed by atoms with Crippen LogP contribution < -0.4 is 5.32 Å². The number of hydrogen-bond donors (Lipinski definition) is 2. The third-order valence-electron chi connectivity index (χ3n) is 3.71. The molecule has 0 unspecified atom stereocenters. The molecule has 0 aromatic heterocycles. The van der Waals surface area contributed by atoms with Gasteiger partial charge in [-0.25, -0.2) is 4.79 Å². The number of allylic oxidation sites excluding steroid dienone is 1. The number of carboxylic acid groups (broad SMARTS) is 1. The quantitative estimate of drug-likeness (QED) is 0.481. The van der Waals surface area contributed by atoms with Gasteiger partial charge in [-0.3, -0.25) is 4.79 Å². The molecule has 0 saturated heterocycles. The summed E-state index contributed by atoms with van der Waals surface area (Å²) in [7, 11) is 0. The topological polar surface area (TPSA) is 66.4 Å². The van der Waals surface area contributed by atoms with Crippen molar-refractivity contribution in [3.05, 3.63) is 48.0 Å². The predicted molar refractivity (Wildman–Crippen MR) is 88.2 cm³/mol. The Kier molecular flexibility index (Phi) is 8.18. The van der Waals surface area contributed by atoms with Crippen LogP contribution in [-0.2, 0) is 11.0 Å². The van der Waals surface area contributed by atoms with Crippen LogP contribution in [0.1, 0.15) is 54.4 Å². The Morgan fingerprint density at radius 2 is 1.88 bits per heavy atom. The van der Waals surface area contributed by atoms with E-state index in [0.29, 0.717) is 12.5 Å². The molecule has 0 saturated carbocycles. The lowest BCUT2D eigenvalue weighted by Gasteiger charge is -2.15. The van der Waals surface area contributed by atoms with Crippen LogP contribution in [0.2, 0.25) is 0 Å². The molecule has 4 nitrogen and oxygen atoms in total. The molecule has 1 aromatic carbocycles. The standard InChI is InChI=1S/C18H22F3NO3/c1-2-3-4-5-6-7-11-15(17(24)25)22-16(23)13-9-8-10-14(12-13)18(19,20)21/h2,8-10,12,15H,1,3-7,11H2,(H,22,23)(H,24,25)/t15-/m1/s1. The summed E-state index contributed by atoms with van der Waals surface area (Å²) in [5.74, 6) is -2.03. The Morgan fingerprint density at radius 1 is 1.20 bits per heavy atom. The first kappa shape index (κ1) is 20.7. The molecule has 0 heterocycles. The highest BCUT2D eigenvalue weighted by Crippen LogP contribution is 2.29. The number of aliphatic carboxylic acids is 1. The molecule has 138 valence electrons. The maximum atomic E-state index is 12.7.